The molecule has 108 valence electrons. The van der Waals surface area contributed by atoms with Crippen molar-refractivity contribution in [1.82, 2.24) is 24.9 Å². The van der Waals surface area contributed by atoms with Crippen LogP contribution in [-0.4, -0.2) is 33.7 Å². The van der Waals surface area contributed by atoms with Crippen LogP contribution in [0.1, 0.15) is 32.1 Å². The summed E-state index contributed by atoms with van der Waals surface area (Å²) in [5.41, 5.74) is 1.36. The lowest BCUT2D eigenvalue weighted by atomic mass is 10.4. The van der Waals surface area contributed by atoms with E-state index < -0.39 is 0 Å². The van der Waals surface area contributed by atoms with Crippen molar-refractivity contribution in [1.29, 1.82) is 0 Å². The molecule has 0 atom stereocenters. The molecule has 2 aromatic heterocycles. The van der Waals surface area contributed by atoms with E-state index in [2.05, 4.69) is 20.3 Å². The summed E-state index contributed by atoms with van der Waals surface area (Å²) in [6, 6.07) is 0. The number of hydrogen-bond acceptors (Lipinski definition) is 5. The molecule has 3 N–H and O–H groups in total. The normalized spacial score (nSPS) is 12.7. The van der Waals surface area contributed by atoms with Crippen LogP contribution in [0.3, 0.4) is 0 Å². The molecular formula is C12H23ClN6. The van der Waals surface area contributed by atoms with Gasteiger partial charge in [-0.15, -0.1) is 12.4 Å². The van der Waals surface area contributed by atoms with Crippen molar-refractivity contribution in [3.05, 3.63) is 18.9 Å². The predicted octanol–water partition coefficient (Wildman–Crippen LogP) is 1.75. The Morgan fingerprint density at radius 1 is 1.11 bits per heavy atom. The molecule has 0 radical (unpaired) electrons. The van der Waals surface area contributed by atoms with Crippen molar-refractivity contribution in [2.24, 2.45) is 0 Å². The van der Waals surface area contributed by atoms with Gasteiger partial charge in [0.1, 0.15) is 18.2 Å². The van der Waals surface area contributed by atoms with Crippen molar-refractivity contribution in [3.8, 4) is 0 Å². The van der Waals surface area contributed by atoms with Gasteiger partial charge < -0.3 is 11.2 Å². The molecule has 0 aromatic carbocycles. The molecule has 3 rings (SSSR count). The number of imidazole rings is 1. The Morgan fingerprint density at radius 3 is 2.11 bits per heavy atom. The fourth-order valence-corrected chi connectivity index (χ4v) is 1.67. The summed E-state index contributed by atoms with van der Waals surface area (Å²) in [4.78, 5) is 11.6. The maximum absolute atomic E-state index is 5.44. The maximum Gasteiger partial charge on any atom is 0.181 e. The van der Waals surface area contributed by atoms with Gasteiger partial charge in [-0.05, 0) is 14.1 Å². The van der Waals surface area contributed by atoms with Gasteiger partial charge in [-0.25, -0.2) is 19.6 Å². The Kier molecular flexibility index (Phi) is 9.74. The Balaban J connectivity index is 0.000000307. The minimum absolute atomic E-state index is 0. The second kappa shape index (κ2) is 10.5. The first-order chi connectivity index (χ1) is 8.79. The van der Waals surface area contributed by atoms with Gasteiger partial charge >= 0.3 is 0 Å². The van der Waals surface area contributed by atoms with Crippen LogP contribution in [-0.2, 0) is 0 Å². The average Bonchev–Trinajstić information content (AvgIpc) is 3.05. The van der Waals surface area contributed by atoms with Gasteiger partial charge in [0, 0.05) is 0 Å². The number of halogens is 1. The number of rotatable bonds is 0. The van der Waals surface area contributed by atoms with Crippen LogP contribution in [0.25, 0.3) is 11.2 Å². The van der Waals surface area contributed by atoms with Gasteiger partial charge in [-0.3, -0.25) is 0 Å². The van der Waals surface area contributed by atoms with Crippen molar-refractivity contribution < 1.29 is 0 Å². The smallest absolute Gasteiger partial charge is 0.181 e. The first-order valence-electron chi connectivity index (χ1n) is 6.26. The summed E-state index contributed by atoms with van der Waals surface area (Å²) >= 11 is 0. The number of hydrogen-bond donors (Lipinski definition) is 2. The molecule has 0 amide bonds. The number of aromatic nitrogens is 4. The molecule has 19 heavy (non-hydrogen) atoms. The number of nitrogens with one attached hydrogen (secondary N) is 1. The summed E-state index contributed by atoms with van der Waals surface area (Å²) in [5.74, 6) is 5.44. The van der Waals surface area contributed by atoms with E-state index in [4.69, 9.17) is 5.84 Å². The van der Waals surface area contributed by atoms with Crippen molar-refractivity contribution in [2.45, 2.75) is 32.1 Å². The number of nitrogens with zero attached hydrogens (tertiary/aromatic N) is 4. The van der Waals surface area contributed by atoms with Crippen LogP contribution in [0.5, 0.6) is 0 Å². The Bertz CT molecular complexity index is 433. The monoisotopic (exact) mass is 286 g/mol. The summed E-state index contributed by atoms with van der Waals surface area (Å²) in [5, 5.41) is 2.75. The minimum Gasteiger partial charge on any atom is -0.336 e. The molecule has 0 aliphatic heterocycles. The third-order valence-electron chi connectivity index (χ3n) is 2.49. The van der Waals surface area contributed by atoms with Crippen molar-refractivity contribution in [3.63, 3.8) is 0 Å². The van der Waals surface area contributed by atoms with Crippen LogP contribution < -0.4 is 11.2 Å². The van der Waals surface area contributed by atoms with E-state index in [0.717, 1.165) is 0 Å². The maximum atomic E-state index is 5.44. The van der Waals surface area contributed by atoms with E-state index in [-0.39, 0.29) is 12.4 Å². The Hall–Kier alpha value is -1.40. The zero-order chi connectivity index (χ0) is 13.2. The highest BCUT2D eigenvalue weighted by molar-refractivity contribution is 5.85. The lowest BCUT2D eigenvalue weighted by Crippen LogP contribution is -2.06. The summed E-state index contributed by atoms with van der Waals surface area (Å²) < 4.78 is 1.36. The highest BCUT2D eigenvalue weighted by Crippen LogP contribution is 2.15. The van der Waals surface area contributed by atoms with Gasteiger partial charge in [-0.2, -0.15) is 0 Å². The molecule has 0 saturated heterocycles. The third-order valence-corrected chi connectivity index (χ3v) is 2.49. The minimum atomic E-state index is 0. The second-order valence-corrected chi connectivity index (χ2v) is 4.15. The number of fused-ring (bicyclic) bond motifs is 1. The largest absolute Gasteiger partial charge is 0.336 e. The van der Waals surface area contributed by atoms with E-state index in [1.54, 1.807) is 6.20 Å². The zero-order valence-electron chi connectivity index (χ0n) is 11.5. The zero-order valence-corrected chi connectivity index (χ0v) is 12.4. The van der Waals surface area contributed by atoms with Crippen molar-refractivity contribution in [2.75, 3.05) is 19.9 Å². The summed E-state index contributed by atoms with van der Waals surface area (Å²) in [6.45, 7) is 0. The van der Waals surface area contributed by atoms with E-state index in [1.165, 1.54) is 49.4 Å². The van der Waals surface area contributed by atoms with E-state index in [0.29, 0.717) is 11.2 Å². The average molecular weight is 287 g/mol. The van der Waals surface area contributed by atoms with Crippen LogP contribution in [0.15, 0.2) is 18.9 Å². The van der Waals surface area contributed by atoms with Crippen molar-refractivity contribution >= 4 is 23.6 Å². The summed E-state index contributed by atoms with van der Waals surface area (Å²) in [7, 11) is 3.75. The fourth-order valence-electron chi connectivity index (χ4n) is 1.67. The standard InChI is InChI=1S/C5H5N5.C5H10.C2H7N.ClH/c6-10-3-9-4-1-7-2-8-5(4)10;1-2-4-5-3-1;1-3-2;/h1-3H,6H2;1-5H2;3H,1-2H3;1H. The fraction of sp³-hybridized carbons (Fsp3) is 0.583. The number of nitrogen functional groups attached to an aromatic ring is 1. The molecule has 0 spiro atoms. The molecule has 7 heteroatoms. The van der Waals surface area contributed by atoms with Gasteiger partial charge in [0.15, 0.2) is 5.65 Å². The molecule has 2 aromatic rings. The van der Waals surface area contributed by atoms with Gasteiger partial charge in [0.2, 0.25) is 0 Å². The number of nitrogens with two attached hydrogens (primary N) is 1. The van der Waals surface area contributed by atoms with E-state index in [1.807, 2.05) is 14.1 Å². The Morgan fingerprint density at radius 2 is 1.63 bits per heavy atom. The lowest BCUT2D eigenvalue weighted by molar-refractivity contribution is 0.886. The SMILES string of the molecule is C1CCCC1.CNC.Cl.Nn1cnc2cncnc21. The topological polar surface area (TPSA) is 81.6 Å². The predicted molar refractivity (Wildman–Crippen MR) is 80.8 cm³/mol. The molecule has 1 saturated carbocycles. The molecule has 0 bridgehead atoms. The van der Waals surface area contributed by atoms with Crippen LogP contribution >= 0.6 is 12.4 Å². The van der Waals surface area contributed by atoms with Gasteiger partial charge in [0.25, 0.3) is 0 Å². The molecule has 1 fully saturated rings. The summed E-state index contributed by atoms with van der Waals surface area (Å²) in [6.07, 6.45) is 12.1. The van der Waals surface area contributed by atoms with E-state index in [9.17, 15) is 0 Å². The van der Waals surface area contributed by atoms with Crippen LogP contribution in [0.4, 0.5) is 0 Å². The van der Waals surface area contributed by atoms with Gasteiger partial charge in [0.05, 0.1) is 6.20 Å². The first kappa shape index (κ1) is 17.6. The molecule has 1 aliphatic rings. The molecule has 1 aliphatic carbocycles. The first-order valence-corrected chi connectivity index (χ1v) is 6.26. The highest BCUT2D eigenvalue weighted by Gasteiger charge is 1.97. The van der Waals surface area contributed by atoms with Crippen LogP contribution in [0.2, 0.25) is 0 Å². The van der Waals surface area contributed by atoms with E-state index >= 15 is 0 Å². The second-order valence-electron chi connectivity index (χ2n) is 4.15. The molecule has 0 unspecified atom stereocenters. The lowest BCUT2D eigenvalue weighted by Gasteiger charge is -1.88. The van der Waals surface area contributed by atoms with Gasteiger partial charge in [-0.1, -0.05) is 32.1 Å². The van der Waals surface area contributed by atoms with Crippen LogP contribution in [0, 0.1) is 0 Å². The molecule has 6 nitrogen and oxygen atoms in total. The third kappa shape index (κ3) is 6.35. The Labute approximate surface area is 120 Å². The highest BCUT2D eigenvalue weighted by atomic mass is 35.5. The molecular weight excluding hydrogens is 264 g/mol. The quantitative estimate of drug-likeness (QED) is 0.721. The molecule has 2 heterocycles.